The van der Waals surface area contributed by atoms with E-state index in [1.165, 1.54) is 16.7 Å². The van der Waals surface area contributed by atoms with Crippen LogP contribution < -0.4 is 0 Å². The molecule has 1 aliphatic rings. The van der Waals surface area contributed by atoms with Crippen LogP contribution in [0.4, 0.5) is 17.6 Å². The molecular weight excluding hydrogens is 278 g/mol. The average molecular weight is 287 g/mol. The van der Waals surface area contributed by atoms with Crippen molar-refractivity contribution in [2.75, 3.05) is 24.8 Å². The van der Waals surface area contributed by atoms with Gasteiger partial charge in [0.25, 0.3) is 0 Å². The van der Waals surface area contributed by atoms with Crippen molar-refractivity contribution in [3.63, 3.8) is 0 Å². The molecule has 0 spiro atoms. The van der Waals surface area contributed by atoms with Crippen molar-refractivity contribution < 1.29 is 31.9 Å². The first-order valence-electron chi connectivity index (χ1n) is 4.79. The molecule has 0 aromatic carbocycles. The maximum absolute atomic E-state index is 12.3. The molecule has 0 unspecified atom stereocenters. The molecule has 0 N–H and O–H groups in total. The SMILES string of the molecule is O=C(OC/C=C(\F)C(F)(F)F)C(=O)N1CCSC1. The van der Waals surface area contributed by atoms with Gasteiger partial charge in [-0.2, -0.15) is 13.2 Å². The van der Waals surface area contributed by atoms with Crippen molar-refractivity contribution in [1.82, 2.24) is 4.90 Å². The van der Waals surface area contributed by atoms with Crippen molar-refractivity contribution in [3.8, 4) is 0 Å². The molecular formula is C9H9F4NO3S. The standard InChI is InChI=1S/C9H9F4NO3S/c10-6(9(11,12)13)1-3-17-8(16)7(15)14-2-4-18-5-14/h1H,2-5H2/b6-1-. The number of carbonyl (C=O) groups excluding carboxylic acids is 2. The molecule has 1 rings (SSSR count). The fourth-order valence-electron chi connectivity index (χ4n) is 1.07. The molecule has 1 amide bonds. The molecule has 0 radical (unpaired) electrons. The number of nitrogens with zero attached hydrogens (tertiary/aromatic N) is 1. The third kappa shape index (κ3) is 4.21. The van der Waals surface area contributed by atoms with Gasteiger partial charge < -0.3 is 9.64 Å². The Balaban J connectivity index is 2.39. The lowest BCUT2D eigenvalue weighted by atomic mass is 10.4. The van der Waals surface area contributed by atoms with Crippen molar-refractivity contribution in [2.45, 2.75) is 6.18 Å². The first kappa shape index (κ1) is 14.8. The highest BCUT2D eigenvalue weighted by molar-refractivity contribution is 7.99. The minimum Gasteiger partial charge on any atom is -0.454 e. The number of amides is 1. The van der Waals surface area contributed by atoms with E-state index in [0.717, 1.165) is 0 Å². The summed E-state index contributed by atoms with van der Waals surface area (Å²) in [6.45, 7) is -0.553. The number of esters is 1. The van der Waals surface area contributed by atoms with Gasteiger partial charge in [0.15, 0.2) is 0 Å². The van der Waals surface area contributed by atoms with Gasteiger partial charge in [-0.3, -0.25) is 4.79 Å². The first-order valence-corrected chi connectivity index (χ1v) is 5.94. The Morgan fingerprint density at radius 3 is 2.56 bits per heavy atom. The molecule has 18 heavy (non-hydrogen) atoms. The Bertz CT molecular complexity index is 363. The third-order valence-corrected chi connectivity index (χ3v) is 2.93. The summed E-state index contributed by atoms with van der Waals surface area (Å²) in [6, 6.07) is 0. The quantitative estimate of drug-likeness (QED) is 0.438. The highest BCUT2D eigenvalue weighted by Gasteiger charge is 2.34. The van der Waals surface area contributed by atoms with E-state index in [1.807, 2.05) is 0 Å². The van der Waals surface area contributed by atoms with Crippen LogP contribution in [0.1, 0.15) is 0 Å². The zero-order chi connectivity index (χ0) is 13.8. The number of thioether (sulfide) groups is 1. The molecule has 0 saturated carbocycles. The Morgan fingerprint density at radius 2 is 2.06 bits per heavy atom. The number of allylic oxidation sites excluding steroid dienone is 1. The lowest BCUT2D eigenvalue weighted by Gasteiger charge is -2.12. The molecule has 9 heteroatoms. The van der Waals surface area contributed by atoms with Crippen LogP contribution in [-0.2, 0) is 14.3 Å². The molecule has 0 atom stereocenters. The van der Waals surface area contributed by atoms with Gasteiger partial charge in [-0.1, -0.05) is 0 Å². The Kier molecular flexibility index (Phi) is 5.00. The van der Waals surface area contributed by atoms with E-state index in [2.05, 4.69) is 4.74 Å². The van der Waals surface area contributed by atoms with Crippen LogP contribution in [0.5, 0.6) is 0 Å². The van der Waals surface area contributed by atoms with Gasteiger partial charge in [-0.05, 0) is 6.08 Å². The van der Waals surface area contributed by atoms with E-state index in [-0.39, 0.29) is 6.08 Å². The fourth-order valence-corrected chi connectivity index (χ4v) is 2.02. The topological polar surface area (TPSA) is 46.6 Å². The summed E-state index contributed by atoms with van der Waals surface area (Å²) >= 11 is 1.44. The smallest absolute Gasteiger partial charge is 0.442 e. The molecule has 0 aromatic rings. The molecule has 1 saturated heterocycles. The second-order valence-electron chi connectivity index (χ2n) is 3.25. The van der Waals surface area contributed by atoms with Gasteiger partial charge >= 0.3 is 18.1 Å². The Hall–Kier alpha value is -1.25. The average Bonchev–Trinajstić information content (AvgIpc) is 2.79. The molecule has 1 fully saturated rings. The van der Waals surface area contributed by atoms with E-state index in [0.29, 0.717) is 18.2 Å². The van der Waals surface area contributed by atoms with E-state index in [1.54, 1.807) is 0 Å². The van der Waals surface area contributed by atoms with Crippen LogP contribution in [0.25, 0.3) is 0 Å². The van der Waals surface area contributed by atoms with Crippen LogP contribution in [-0.4, -0.2) is 47.7 Å². The summed E-state index contributed by atoms with van der Waals surface area (Å²) in [5.41, 5.74) is 0. The monoisotopic (exact) mass is 287 g/mol. The maximum Gasteiger partial charge on any atom is 0.442 e. The van der Waals surface area contributed by atoms with Gasteiger partial charge in [-0.15, -0.1) is 11.8 Å². The highest BCUT2D eigenvalue weighted by Crippen LogP contribution is 2.26. The van der Waals surface area contributed by atoms with E-state index < -0.39 is 30.5 Å². The summed E-state index contributed by atoms with van der Waals surface area (Å²) in [6.07, 6.45) is -5.05. The molecule has 0 aromatic heterocycles. The molecule has 0 bridgehead atoms. The van der Waals surface area contributed by atoms with Crippen LogP contribution in [0, 0.1) is 0 Å². The van der Waals surface area contributed by atoms with Crippen molar-refractivity contribution in [2.24, 2.45) is 0 Å². The first-order chi connectivity index (χ1) is 8.32. The molecule has 1 aliphatic heterocycles. The molecule has 0 aliphatic carbocycles. The van der Waals surface area contributed by atoms with E-state index >= 15 is 0 Å². The van der Waals surface area contributed by atoms with Crippen LogP contribution in [0.2, 0.25) is 0 Å². The second kappa shape index (κ2) is 6.07. The third-order valence-electron chi connectivity index (χ3n) is 1.96. The number of hydrogen-bond donors (Lipinski definition) is 0. The number of alkyl halides is 3. The van der Waals surface area contributed by atoms with Gasteiger partial charge in [0.1, 0.15) is 6.61 Å². The number of hydrogen-bond acceptors (Lipinski definition) is 4. The number of carbonyl (C=O) groups is 2. The number of ether oxygens (including phenoxy) is 1. The van der Waals surface area contributed by atoms with Crippen molar-refractivity contribution >= 4 is 23.6 Å². The molecule has 4 nitrogen and oxygen atoms in total. The highest BCUT2D eigenvalue weighted by atomic mass is 32.2. The Morgan fingerprint density at radius 1 is 1.39 bits per heavy atom. The summed E-state index contributed by atoms with van der Waals surface area (Å²) in [5.74, 6) is -3.56. The van der Waals surface area contributed by atoms with Gasteiger partial charge in [0, 0.05) is 12.3 Å². The minimum atomic E-state index is -5.11. The predicted molar refractivity (Wildman–Crippen MR) is 55.2 cm³/mol. The van der Waals surface area contributed by atoms with Crippen LogP contribution in [0.3, 0.4) is 0 Å². The summed E-state index contributed by atoms with van der Waals surface area (Å²) < 4.78 is 51.7. The number of rotatable bonds is 2. The number of halogens is 4. The second-order valence-corrected chi connectivity index (χ2v) is 4.33. The fraction of sp³-hybridized carbons (Fsp3) is 0.556. The predicted octanol–water partition coefficient (Wildman–Crippen LogP) is 1.48. The summed E-state index contributed by atoms with van der Waals surface area (Å²) in [5, 5.41) is 0. The summed E-state index contributed by atoms with van der Waals surface area (Å²) in [7, 11) is 0. The molecule has 1 heterocycles. The zero-order valence-electron chi connectivity index (χ0n) is 9.00. The van der Waals surface area contributed by atoms with Gasteiger partial charge in [0.2, 0.25) is 5.83 Å². The van der Waals surface area contributed by atoms with Crippen molar-refractivity contribution in [3.05, 3.63) is 11.9 Å². The zero-order valence-corrected chi connectivity index (χ0v) is 9.81. The van der Waals surface area contributed by atoms with Crippen LogP contribution in [0.15, 0.2) is 11.9 Å². The normalized spacial score (nSPS) is 16.9. The minimum absolute atomic E-state index is 0.0594. The van der Waals surface area contributed by atoms with Gasteiger partial charge in [0.05, 0.1) is 5.88 Å². The lowest BCUT2D eigenvalue weighted by molar-refractivity contribution is -0.158. The summed E-state index contributed by atoms with van der Waals surface area (Å²) in [4.78, 5) is 23.6. The Labute approximate surface area is 104 Å². The van der Waals surface area contributed by atoms with Gasteiger partial charge in [-0.25, -0.2) is 9.18 Å². The lowest BCUT2D eigenvalue weighted by Crippen LogP contribution is -2.35. The van der Waals surface area contributed by atoms with Crippen molar-refractivity contribution in [1.29, 1.82) is 0 Å². The van der Waals surface area contributed by atoms with Crippen LogP contribution >= 0.6 is 11.8 Å². The van der Waals surface area contributed by atoms with E-state index in [4.69, 9.17) is 0 Å². The molecule has 102 valence electrons. The van der Waals surface area contributed by atoms with E-state index in [9.17, 15) is 27.2 Å². The largest absolute Gasteiger partial charge is 0.454 e. The maximum atomic E-state index is 12.3.